The Morgan fingerprint density at radius 1 is 0.581 bits per heavy atom. The number of benzene rings is 2. The fraction of sp³-hybridized carbons (Fsp3) is 0.333. The van der Waals surface area contributed by atoms with Crippen LogP contribution in [0, 0.1) is 0 Å². The number of hydrogen-bond acceptors (Lipinski definition) is 11. The van der Waals surface area contributed by atoms with Crippen LogP contribution in [-0.4, -0.2) is 97.4 Å². The van der Waals surface area contributed by atoms with Crippen LogP contribution in [0.5, 0.6) is 0 Å². The highest BCUT2D eigenvalue weighted by atomic mass is 32.2. The Bertz CT molecular complexity index is 1080. The molecule has 2 rings (SSSR count). The van der Waals surface area contributed by atoms with E-state index in [0.29, 0.717) is 23.7 Å². The smallest absolute Gasteiger partial charge is 0.331 e. The predicted molar refractivity (Wildman–Crippen MR) is 160 cm³/mol. The lowest BCUT2D eigenvalue weighted by Gasteiger charge is -2.18. The highest BCUT2D eigenvalue weighted by Gasteiger charge is 2.16. The molecule has 0 saturated carbocycles. The number of carboxylic acids is 2. The second-order valence-electron chi connectivity index (χ2n) is 8.47. The number of rotatable bonds is 22. The molecule has 2 N–H and O–H groups in total. The summed E-state index contributed by atoms with van der Waals surface area (Å²) in [5.74, 6) is -3.23. The molecule has 0 fully saturated rings. The molecule has 0 aliphatic heterocycles. The monoisotopic (exact) mass is 634 g/mol. The minimum atomic E-state index is -1.25. The van der Waals surface area contributed by atoms with Crippen LogP contribution in [0.25, 0.3) is 0 Å². The molecule has 2 aromatic carbocycles. The van der Waals surface area contributed by atoms with E-state index in [4.69, 9.17) is 33.9 Å². The van der Waals surface area contributed by atoms with Crippen molar-refractivity contribution in [2.45, 2.75) is 22.0 Å². The minimum absolute atomic E-state index is 0.0921. The van der Waals surface area contributed by atoms with Gasteiger partial charge < -0.3 is 33.9 Å². The molecule has 11 nitrogen and oxygen atoms in total. The maximum atomic E-state index is 12.0. The van der Waals surface area contributed by atoms with Crippen molar-refractivity contribution in [1.29, 1.82) is 0 Å². The number of ether oxygens (including phenoxy) is 5. The third kappa shape index (κ3) is 18.5. The van der Waals surface area contributed by atoms with E-state index in [2.05, 4.69) is 0 Å². The van der Waals surface area contributed by atoms with E-state index in [1.807, 2.05) is 60.7 Å². The van der Waals surface area contributed by atoms with Crippen LogP contribution >= 0.6 is 23.5 Å². The van der Waals surface area contributed by atoms with Crippen molar-refractivity contribution in [1.82, 2.24) is 0 Å². The SMILES string of the molecule is O=C(O)/C=C/C(=O)OC(COCCOCCOCC(CSc1ccccc1)OC(=O)/C=C/C(=O)O)CSc1ccccc1. The number of hydrogen-bond donors (Lipinski definition) is 2. The summed E-state index contributed by atoms with van der Waals surface area (Å²) in [5, 5.41) is 17.4. The lowest BCUT2D eigenvalue weighted by Crippen LogP contribution is -2.27. The molecule has 0 aliphatic rings. The first-order valence-electron chi connectivity index (χ1n) is 13.1. The van der Waals surface area contributed by atoms with Crippen molar-refractivity contribution in [3.05, 3.63) is 85.0 Å². The molecule has 2 aromatic rings. The molecule has 0 heterocycles. The summed E-state index contributed by atoms with van der Waals surface area (Å²) >= 11 is 2.95. The van der Waals surface area contributed by atoms with Crippen molar-refractivity contribution < 1.29 is 53.1 Å². The zero-order valence-corrected chi connectivity index (χ0v) is 24.9. The third-order valence-electron chi connectivity index (χ3n) is 5.00. The van der Waals surface area contributed by atoms with Gasteiger partial charge in [0, 0.05) is 45.6 Å². The molecule has 0 aliphatic carbocycles. The van der Waals surface area contributed by atoms with Crippen LogP contribution in [0.4, 0.5) is 0 Å². The zero-order valence-electron chi connectivity index (χ0n) is 23.3. The van der Waals surface area contributed by atoms with Gasteiger partial charge in [-0.25, -0.2) is 19.2 Å². The van der Waals surface area contributed by atoms with Gasteiger partial charge in [0.15, 0.2) is 0 Å². The number of thioether (sulfide) groups is 2. The number of carbonyl (C=O) groups is 4. The first-order chi connectivity index (χ1) is 20.8. The minimum Gasteiger partial charge on any atom is -0.478 e. The Morgan fingerprint density at radius 2 is 0.953 bits per heavy atom. The Labute approximate surface area is 258 Å². The molecule has 0 saturated heterocycles. The summed E-state index contributed by atoms with van der Waals surface area (Å²) in [5.41, 5.74) is 0. The molecular weight excluding hydrogens is 600 g/mol. The van der Waals surface area contributed by atoms with E-state index in [1.54, 1.807) is 0 Å². The normalized spacial score (nSPS) is 12.7. The van der Waals surface area contributed by atoms with Crippen LogP contribution in [0.15, 0.2) is 94.8 Å². The second kappa shape index (κ2) is 22.0. The molecule has 232 valence electrons. The van der Waals surface area contributed by atoms with E-state index >= 15 is 0 Å². The van der Waals surface area contributed by atoms with E-state index < -0.39 is 36.1 Å². The van der Waals surface area contributed by atoms with Gasteiger partial charge in [0.05, 0.1) is 39.6 Å². The first-order valence-corrected chi connectivity index (χ1v) is 15.1. The van der Waals surface area contributed by atoms with Gasteiger partial charge in [-0.3, -0.25) is 0 Å². The van der Waals surface area contributed by atoms with Crippen molar-refractivity contribution >= 4 is 47.4 Å². The van der Waals surface area contributed by atoms with Gasteiger partial charge in [-0.2, -0.15) is 0 Å². The van der Waals surface area contributed by atoms with Gasteiger partial charge in [-0.05, 0) is 24.3 Å². The van der Waals surface area contributed by atoms with Crippen LogP contribution in [-0.2, 0) is 42.9 Å². The van der Waals surface area contributed by atoms with Crippen molar-refractivity contribution in [3.8, 4) is 0 Å². The third-order valence-corrected chi connectivity index (χ3v) is 7.29. The Morgan fingerprint density at radius 3 is 1.33 bits per heavy atom. The summed E-state index contributed by atoms with van der Waals surface area (Å²) < 4.78 is 27.4. The molecule has 0 aromatic heterocycles. The molecular formula is C30H34O11S2. The lowest BCUT2D eigenvalue weighted by molar-refractivity contribution is -0.145. The molecule has 0 spiro atoms. The number of esters is 2. The largest absolute Gasteiger partial charge is 0.478 e. The number of carboxylic acid groups (broad SMARTS) is 2. The summed E-state index contributed by atoms with van der Waals surface area (Å²) in [6.45, 7) is 1.12. The van der Waals surface area contributed by atoms with Crippen molar-refractivity contribution in [3.63, 3.8) is 0 Å². The van der Waals surface area contributed by atoms with Crippen LogP contribution in [0.1, 0.15) is 0 Å². The van der Waals surface area contributed by atoms with E-state index in [1.165, 1.54) is 23.5 Å². The molecule has 0 radical (unpaired) electrons. The molecule has 0 amide bonds. The van der Waals surface area contributed by atoms with Crippen molar-refractivity contribution in [2.75, 3.05) is 51.1 Å². The van der Waals surface area contributed by atoms with Gasteiger partial charge in [-0.15, -0.1) is 23.5 Å². The van der Waals surface area contributed by atoms with Crippen molar-refractivity contribution in [2.24, 2.45) is 0 Å². The topological polar surface area (TPSA) is 155 Å². The molecule has 2 atom stereocenters. The fourth-order valence-electron chi connectivity index (χ4n) is 3.10. The Balaban J connectivity index is 1.69. The number of aliphatic carboxylic acids is 2. The maximum Gasteiger partial charge on any atom is 0.331 e. The summed E-state index contributed by atoms with van der Waals surface area (Å²) in [6.07, 6.45) is 1.90. The average Bonchev–Trinajstić information content (AvgIpc) is 3.00. The van der Waals surface area contributed by atoms with Crippen LogP contribution < -0.4 is 0 Å². The summed E-state index contributed by atoms with van der Waals surface area (Å²) in [4.78, 5) is 47.2. The van der Waals surface area contributed by atoms with Gasteiger partial charge in [0.1, 0.15) is 12.2 Å². The molecule has 2 unspecified atom stereocenters. The molecule has 13 heteroatoms. The highest BCUT2D eigenvalue weighted by molar-refractivity contribution is 7.99. The van der Waals surface area contributed by atoms with Crippen LogP contribution in [0.3, 0.4) is 0 Å². The maximum absolute atomic E-state index is 12.0. The van der Waals surface area contributed by atoms with Gasteiger partial charge in [0.25, 0.3) is 0 Å². The van der Waals surface area contributed by atoms with E-state index in [-0.39, 0.29) is 39.6 Å². The Kier molecular flexibility index (Phi) is 18.2. The van der Waals surface area contributed by atoms with E-state index in [0.717, 1.165) is 21.9 Å². The molecule has 43 heavy (non-hydrogen) atoms. The van der Waals surface area contributed by atoms with Gasteiger partial charge in [-0.1, -0.05) is 36.4 Å². The standard InChI is InChI=1S/C30H34O11S2/c31-27(32)11-13-29(35)40-23(21-42-25-7-3-1-4-8-25)19-38-17-15-37-16-18-39-20-24(41-30(36)14-12-28(33)34)22-43-26-9-5-2-6-10-26/h1-14,23-24H,15-22H2,(H,31,32)(H,33,34)/b13-11+,14-12+. The first kappa shape index (κ1) is 35.6. The van der Waals surface area contributed by atoms with Gasteiger partial charge >= 0.3 is 23.9 Å². The highest BCUT2D eigenvalue weighted by Crippen LogP contribution is 2.20. The summed E-state index contributed by atoms with van der Waals surface area (Å²) in [6, 6.07) is 19.1. The Hall–Kier alpha value is -3.62. The quantitative estimate of drug-likeness (QED) is 0.0837. The van der Waals surface area contributed by atoms with Gasteiger partial charge in [0.2, 0.25) is 0 Å². The predicted octanol–water partition coefficient (Wildman–Crippen LogP) is 3.73. The lowest BCUT2D eigenvalue weighted by atomic mass is 10.4. The van der Waals surface area contributed by atoms with Crippen LogP contribution in [0.2, 0.25) is 0 Å². The zero-order chi connectivity index (χ0) is 31.1. The summed E-state index contributed by atoms with van der Waals surface area (Å²) in [7, 11) is 0. The second-order valence-corrected chi connectivity index (χ2v) is 10.7. The van der Waals surface area contributed by atoms with E-state index in [9.17, 15) is 19.2 Å². The fourth-order valence-corrected chi connectivity index (χ4v) is 4.88. The number of carbonyl (C=O) groups excluding carboxylic acids is 2. The average molecular weight is 635 g/mol. The molecule has 0 bridgehead atoms.